The maximum atomic E-state index is 10.7. The van der Waals surface area contributed by atoms with Gasteiger partial charge in [0.2, 0.25) is 6.54 Å². The Morgan fingerprint density at radius 2 is 2.11 bits per heavy atom. The van der Waals surface area contributed by atoms with Gasteiger partial charge in [0.25, 0.3) is 0 Å². The van der Waals surface area contributed by atoms with Gasteiger partial charge in [0, 0.05) is 4.92 Å². The molecule has 0 aromatic heterocycles. The first-order valence-corrected chi connectivity index (χ1v) is 7.19. The van der Waals surface area contributed by atoms with Gasteiger partial charge in [-0.1, -0.05) is 53.9 Å². The van der Waals surface area contributed by atoms with Gasteiger partial charge >= 0.3 is 0 Å². The molecule has 1 aromatic carbocycles. The zero-order valence-corrected chi connectivity index (χ0v) is 14.0. The number of phenols is 1. The number of nitrogens with zero attached hydrogens (tertiary/aromatic N) is 1. The Hall–Kier alpha value is -0.340. The molecule has 0 aliphatic heterocycles. The average molecular weight is 448 g/mol. The predicted octanol–water partition coefficient (Wildman–Crippen LogP) is 3.60. The number of rotatable bonds is 4. The van der Waals surface area contributed by atoms with Crippen molar-refractivity contribution in [1.29, 1.82) is 0 Å². The van der Waals surface area contributed by atoms with E-state index in [1.54, 1.807) is 12.1 Å². The Morgan fingerprint density at radius 3 is 2.56 bits per heavy atom. The van der Waals surface area contributed by atoms with Gasteiger partial charge in [-0.05, 0) is 17.7 Å². The summed E-state index contributed by atoms with van der Waals surface area (Å²) in [5, 5.41) is 20.2. The van der Waals surface area contributed by atoms with Crippen LogP contribution in [-0.4, -0.2) is 25.8 Å². The van der Waals surface area contributed by atoms with E-state index in [1.807, 2.05) is 0 Å². The molecule has 18 heavy (non-hydrogen) atoms. The van der Waals surface area contributed by atoms with Crippen molar-refractivity contribution in [3.63, 3.8) is 0 Å². The second-order valence-corrected chi connectivity index (χ2v) is 10.5. The van der Waals surface area contributed by atoms with Gasteiger partial charge in [-0.2, -0.15) is 0 Å². The topological polar surface area (TPSA) is 72.6 Å². The van der Waals surface area contributed by atoms with Gasteiger partial charge in [0.05, 0.1) is 13.0 Å². The van der Waals surface area contributed by atoms with Crippen molar-refractivity contribution >= 4 is 47.8 Å². The number of nitro groups is 1. The van der Waals surface area contributed by atoms with Gasteiger partial charge in [-0.25, -0.2) is 0 Å². The smallest absolute Gasteiger partial charge is 0.213 e. The Labute approximate surface area is 129 Å². The average Bonchev–Trinajstić information content (AvgIpc) is 2.25. The quantitative estimate of drug-likeness (QED) is 0.435. The van der Waals surface area contributed by atoms with Crippen molar-refractivity contribution in [2.75, 3.05) is 13.7 Å². The van der Waals surface area contributed by atoms with Crippen molar-refractivity contribution in [2.24, 2.45) is 0 Å². The van der Waals surface area contributed by atoms with Crippen LogP contribution in [0.3, 0.4) is 0 Å². The van der Waals surface area contributed by atoms with Crippen LogP contribution in [-0.2, 0) is 0 Å². The first kappa shape index (κ1) is 15.7. The summed E-state index contributed by atoms with van der Waals surface area (Å²) in [6, 6.07) is 4.63. The highest BCUT2D eigenvalue weighted by Gasteiger charge is 2.36. The van der Waals surface area contributed by atoms with Crippen molar-refractivity contribution in [3.8, 4) is 11.5 Å². The van der Waals surface area contributed by atoms with Crippen LogP contribution in [0.4, 0.5) is 0 Å². The number of hydrogen-bond acceptors (Lipinski definition) is 4. The number of phenolic OH excluding ortho intramolecular Hbond substituents is 1. The molecule has 0 heterocycles. The monoisotopic (exact) mass is 445 g/mol. The molecule has 0 bridgehead atoms. The predicted molar refractivity (Wildman–Crippen MR) is 78.8 cm³/mol. The van der Waals surface area contributed by atoms with Crippen LogP contribution in [0.1, 0.15) is 11.5 Å². The number of aromatic hydroxyl groups is 1. The van der Waals surface area contributed by atoms with E-state index in [9.17, 15) is 15.2 Å². The zero-order chi connectivity index (χ0) is 13.9. The Kier molecular flexibility index (Phi) is 5.42. The third-order valence-electron chi connectivity index (χ3n) is 2.33. The third-order valence-corrected chi connectivity index (χ3v) is 3.99. The molecule has 0 fully saturated rings. The molecule has 0 aliphatic rings. The zero-order valence-electron chi connectivity index (χ0n) is 9.27. The third kappa shape index (κ3) is 4.10. The summed E-state index contributed by atoms with van der Waals surface area (Å²) in [6.07, 6.45) is 0. The standard InChI is InChI=1S/C10H10Br3NO4/c1-18-9-4-6(2-3-8(9)15)7(5-14(16)17)10(11,12)13/h2-4,7,15H,5H2,1H3. The summed E-state index contributed by atoms with van der Waals surface area (Å²) in [5.74, 6) is -0.218. The Balaban J connectivity index is 3.17. The number of alkyl halides is 3. The normalized spacial score (nSPS) is 13.1. The molecule has 1 rings (SSSR count). The Morgan fingerprint density at radius 1 is 1.50 bits per heavy atom. The Bertz CT molecular complexity index is 447. The van der Waals surface area contributed by atoms with Crippen molar-refractivity contribution in [2.45, 2.75) is 8.06 Å². The van der Waals surface area contributed by atoms with Crippen LogP contribution in [0, 0.1) is 10.1 Å². The van der Waals surface area contributed by atoms with Gasteiger partial charge in [-0.3, -0.25) is 10.1 Å². The summed E-state index contributed by atoms with van der Waals surface area (Å²) in [6.45, 7) is -0.282. The van der Waals surface area contributed by atoms with Crippen LogP contribution >= 0.6 is 47.8 Å². The molecule has 0 radical (unpaired) electrons. The molecule has 1 aromatic rings. The number of halogens is 3. The molecule has 1 atom stereocenters. The fraction of sp³-hybridized carbons (Fsp3) is 0.400. The molecule has 5 nitrogen and oxygen atoms in total. The molecule has 0 spiro atoms. The van der Waals surface area contributed by atoms with Crippen LogP contribution in [0.5, 0.6) is 11.5 Å². The summed E-state index contributed by atoms with van der Waals surface area (Å²) >= 11 is 9.90. The van der Waals surface area contributed by atoms with Gasteiger partial charge in [-0.15, -0.1) is 0 Å². The van der Waals surface area contributed by atoms with E-state index < -0.39 is 13.0 Å². The highest BCUT2D eigenvalue weighted by molar-refractivity contribution is 9.39. The molecule has 0 aliphatic carbocycles. The van der Waals surface area contributed by atoms with E-state index in [4.69, 9.17) is 4.74 Å². The lowest BCUT2D eigenvalue weighted by molar-refractivity contribution is -0.483. The summed E-state index contributed by atoms with van der Waals surface area (Å²) in [7, 11) is 1.42. The highest BCUT2D eigenvalue weighted by Crippen LogP contribution is 2.47. The fourth-order valence-electron chi connectivity index (χ4n) is 1.46. The summed E-state index contributed by atoms with van der Waals surface area (Å²) < 4.78 is 4.18. The molecule has 0 saturated heterocycles. The van der Waals surface area contributed by atoms with Gasteiger partial charge in [0.1, 0.15) is 2.14 Å². The lowest BCUT2D eigenvalue weighted by Gasteiger charge is -2.23. The second-order valence-electron chi connectivity index (χ2n) is 3.54. The number of methoxy groups -OCH3 is 1. The molecule has 1 unspecified atom stereocenters. The SMILES string of the molecule is COc1cc(C(C[N+](=O)[O-])C(Br)(Br)Br)ccc1O. The van der Waals surface area contributed by atoms with Crippen molar-refractivity contribution in [3.05, 3.63) is 33.9 Å². The largest absolute Gasteiger partial charge is 0.504 e. The minimum atomic E-state index is -0.804. The van der Waals surface area contributed by atoms with Crippen molar-refractivity contribution in [1.82, 2.24) is 0 Å². The van der Waals surface area contributed by atoms with Crippen LogP contribution in [0.25, 0.3) is 0 Å². The fourth-order valence-corrected chi connectivity index (χ4v) is 2.69. The van der Waals surface area contributed by atoms with Crippen LogP contribution in [0.2, 0.25) is 0 Å². The van der Waals surface area contributed by atoms with Crippen LogP contribution in [0.15, 0.2) is 18.2 Å². The van der Waals surface area contributed by atoms with E-state index in [0.717, 1.165) is 0 Å². The van der Waals surface area contributed by atoms with E-state index in [1.165, 1.54) is 13.2 Å². The number of hydrogen-bond donors (Lipinski definition) is 1. The first-order valence-electron chi connectivity index (χ1n) is 4.81. The summed E-state index contributed by atoms with van der Waals surface area (Å²) in [4.78, 5) is 10.3. The lowest BCUT2D eigenvalue weighted by atomic mass is 10.0. The van der Waals surface area contributed by atoms with Crippen LogP contribution < -0.4 is 4.74 Å². The molecule has 0 saturated carbocycles. The van der Waals surface area contributed by atoms with E-state index in [0.29, 0.717) is 5.56 Å². The number of benzene rings is 1. The summed E-state index contributed by atoms with van der Waals surface area (Å²) in [5.41, 5.74) is 0.659. The first-order chi connectivity index (χ1) is 8.25. The molecule has 8 heteroatoms. The minimum absolute atomic E-state index is 0.00887. The van der Waals surface area contributed by atoms with E-state index >= 15 is 0 Å². The van der Waals surface area contributed by atoms with Crippen molar-refractivity contribution < 1.29 is 14.8 Å². The minimum Gasteiger partial charge on any atom is -0.504 e. The van der Waals surface area contributed by atoms with Gasteiger partial charge < -0.3 is 9.84 Å². The molecular weight excluding hydrogens is 438 g/mol. The molecule has 1 N–H and O–H groups in total. The van der Waals surface area contributed by atoms with E-state index in [2.05, 4.69) is 47.8 Å². The molecular formula is C10H10Br3NO4. The second kappa shape index (κ2) is 6.21. The maximum absolute atomic E-state index is 10.7. The molecule has 100 valence electrons. The lowest BCUT2D eigenvalue weighted by Crippen LogP contribution is -2.23. The maximum Gasteiger partial charge on any atom is 0.213 e. The highest BCUT2D eigenvalue weighted by atomic mass is 80.0. The van der Waals surface area contributed by atoms with Gasteiger partial charge in [0.15, 0.2) is 11.5 Å². The molecule has 0 amide bonds. The number of ether oxygens (including phenoxy) is 1. The van der Waals surface area contributed by atoms with E-state index in [-0.39, 0.29) is 18.0 Å².